The summed E-state index contributed by atoms with van der Waals surface area (Å²) < 4.78 is 66.4. The van der Waals surface area contributed by atoms with Crippen LogP contribution in [-0.2, 0) is 32.2 Å². The van der Waals surface area contributed by atoms with E-state index in [0.717, 1.165) is 49.6 Å². The predicted molar refractivity (Wildman–Crippen MR) is 145 cm³/mol. The number of rotatable bonds is 11. The van der Waals surface area contributed by atoms with Crippen molar-refractivity contribution in [3.05, 3.63) is 64.7 Å². The van der Waals surface area contributed by atoms with Gasteiger partial charge in [0.15, 0.2) is 0 Å². The fourth-order valence-corrected chi connectivity index (χ4v) is 5.83. The first-order chi connectivity index (χ1) is 18.3. The Morgan fingerprint density at radius 3 is 2.31 bits per heavy atom. The van der Waals surface area contributed by atoms with Crippen molar-refractivity contribution in [3.8, 4) is 0 Å². The molecule has 0 bridgehead atoms. The van der Waals surface area contributed by atoms with Gasteiger partial charge in [0.1, 0.15) is 12.6 Å². The molecule has 1 aliphatic carbocycles. The van der Waals surface area contributed by atoms with Crippen LogP contribution in [0, 0.1) is 0 Å². The van der Waals surface area contributed by atoms with Gasteiger partial charge in [0.2, 0.25) is 21.8 Å². The Labute approximate surface area is 232 Å². The van der Waals surface area contributed by atoms with Gasteiger partial charge in [-0.2, -0.15) is 13.2 Å². The molecule has 0 unspecified atom stereocenters. The summed E-state index contributed by atoms with van der Waals surface area (Å²) in [6.45, 7) is 1.09. The topological polar surface area (TPSA) is 86.8 Å². The second-order valence-corrected chi connectivity index (χ2v) is 12.0. The van der Waals surface area contributed by atoms with E-state index in [4.69, 9.17) is 11.6 Å². The number of nitrogens with one attached hydrogen (secondary N) is 1. The molecule has 1 N–H and O–H groups in total. The second-order valence-electron chi connectivity index (χ2n) is 9.67. The van der Waals surface area contributed by atoms with Gasteiger partial charge in [0, 0.05) is 12.6 Å². The quantitative estimate of drug-likeness (QED) is 0.399. The molecule has 0 spiro atoms. The molecule has 0 radical (unpaired) electrons. The zero-order valence-corrected chi connectivity index (χ0v) is 23.5. The first-order valence-corrected chi connectivity index (χ1v) is 15.0. The maximum atomic E-state index is 13.7. The van der Waals surface area contributed by atoms with E-state index in [-0.39, 0.29) is 30.6 Å². The van der Waals surface area contributed by atoms with Crippen molar-refractivity contribution in [2.75, 3.05) is 23.7 Å². The summed E-state index contributed by atoms with van der Waals surface area (Å²) in [6, 6.07) is 11.1. The van der Waals surface area contributed by atoms with Gasteiger partial charge in [-0.1, -0.05) is 61.7 Å². The Morgan fingerprint density at radius 1 is 1.10 bits per heavy atom. The van der Waals surface area contributed by atoms with E-state index in [1.165, 1.54) is 4.90 Å². The van der Waals surface area contributed by atoms with E-state index in [2.05, 4.69) is 5.32 Å². The van der Waals surface area contributed by atoms with Crippen LogP contribution in [0.15, 0.2) is 48.5 Å². The lowest BCUT2D eigenvalue weighted by molar-refractivity contribution is -0.139. The summed E-state index contributed by atoms with van der Waals surface area (Å²) in [6.07, 6.45) is 0.356. The van der Waals surface area contributed by atoms with Crippen LogP contribution >= 0.6 is 11.6 Å². The van der Waals surface area contributed by atoms with E-state index >= 15 is 0 Å². The summed E-state index contributed by atoms with van der Waals surface area (Å²) in [7, 11) is -4.19. The van der Waals surface area contributed by atoms with Crippen molar-refractivity contribution < 1.29 is 31.2 Å². The van der Waals surface area contributed by atoms with E-state index < -0.39 is 45.3 Å². The van der Waals surface area contributed by atoms with Crippen molar-refractivity contribution in [3.63, 3.8) is 0 Å². The van der Waals surface area contributed by atoms with Crippen LogP contribution in [0.5, 0.6) is 0 Å². The Balaban J connectivity index is 1.92. The lowest BCUT2D eigenvalue weighted by atomic mass is 10.1. The fraction of sp³-hybridized carbons (Fsp3) is 0.481. The Bertz CT molecular complexity index is 1250. The first-order valence-electron chi connectivity index (χ1n) is 12.8. The molecule has 0 aliphatic heterocycles. The number of benzene rings is 2. The maximum absolute atomic E-state index is 13.7. The van der Waals surface area contributed by atoms with Gasteiger partial charge in [-0.25, -0.2) is 8.42 Å². The average Bonchev–Trinajstić information content (AvgIpc) is 3.37. The zero-order valence-electron chi connectivity index (χ0n) is 21.9. The highest BCUT2D eigenvalue weighted by atomic mass is 35.5. The lowest BCUT2D eigenvalue weighted by Crippen LogP contribution is -2.54. The Kier molecular flexibility index (Phi) is 10.3. The number of carbonyl (C=O) groups is 2. The van der Waals surface area contributed by atoms with Crippen molar-refractivity contribution in [2.24, 2.45) is 0 Å². The highest BCUT2D eigenvalue weighted by molar-refractivity contribution is 7.92. The third-order valence-electron chi connectivity index (χ3n) is 6.79. The van der Waals surface area contributed by atoms with Gasteiger partial charge in [-0.15, -0.1) is 0 Å². The van der Waals surface area contributed by atoms with Crippen molar-refractivity contribution in [1.82, 2.24) is 10.2 Å². The molecule has 214 valence electrons. The number of hydrogen-bond donors (Lipinski definition) is 1. The van der Waals surface area contributed by atoms with Crippen LogP contribution in [0.3, 0.4) is 0 Å². The molecule has 1 aliphatic rings. The summed E-state index contributed by atoms with van der Waals surface area (Å²) in [5, 5.41) is 2.41. The van der Waals surface area contributed by atoms with E-state index in [1.807, 2.05) is 30.3 Å². The van der Waals surface area contributed by atoms with Crippen LogP contribution in [0.2, 0.25) is 5.02 Å². The molecule has 12 heteroatoms. The van der Waals surface area contributed by atoms with Crippen LogP contribution in [-0.4, -0.2) is 56.6 Å². The highest BCUT2D eigenvalue weighted by Gasteiger charge is 2.36. The standard InChI is InChI=1S/C27H33ClF3N3O4S/c1-3-24(26(36)32-20-11-7-8-12-20)33(16-15-19-9-5-4-6-10-19)25(35)18-34(39(2,37)38)21-13-14-23(28)22(17-21)27(29,30)31/h4-6,9-10,13-14,17,20,24H,3,7-8,11-12,15-16,18H2,1-2H3,(H,32,36)/t24-/m1/s1. The molecule has 2 aromatic rings. The van der Waals surface area contributed by atoms with Crippen LogP contribution < -0.4 is 9.62 Å². The number of halogens is 4. The number of sulfonamides is 1. The number of nitrogens with zero attached hydrogens (tertiary/aromatic N) is 2. The molecule has 2 amide bonds. The lowest BCUT2D eigenvalue weighted by Gasteiger charge is -2.33. The minimum atomic E-state index is -4.83. The smallest absolute Gasteiger partial charge is 0.352 e. The molecule has 7 nitrogen and oxygen atoms in total. The van der Waals surface area contributed by atoms with Crippen LogP contribution in [0.4, 0.5) is 18.9 Å². The van der Waals surface area contributed by atoms with Crippen molar-refractivity contribution in [1.29, 1.82) is 0 Å². The monoisotopic (exact) mass is 587 g/mol. The third kappa shape index (κ3) is 8.35. The maximum Gasteiger partial charge on any atom is 0.417 e. The number of alkyl halides is 3. The van der Waals surface area contributed by atoms with Gasteiger partial charge >= 0.3 is 6.18 Å². The molecule has 1 fully saturated rings. The number of anilines is 1. The van der Waals surface area contributed by atoms with E-state index in [9.17, 15) is 31.2 Å². The van der Waals surface area contributed by atoms with E-state index in [1.54, 1.807) is 6.92 Å². The summed E-state index contributed by atoms with van der Waals surface area (Å²) in [5.41, 5.74) is -0.658. The number of carbonyl (C=O) groups excluding carboxylic acids is 2. The van der Waals surface area contributed by atoms with E-state index in [0.29, 0.717) is 16.8 Å². The summed E-state index contributed by atoms with van der Waals surface area (Å²) in [5.74, 6) is -1.03. The summed E-state index contributed by atoms with van der Waals surface area (Å²) >= 11 is 5.71. The molecule has 1 atom stereocenters. The molecular formula is C27H33ClF3N3O4S. The van der Waals surface area contributed by atoms with Gasteiger partial charge in [0.05, 0.1) is 22.5 Å². The third-order valence-corrected chi connectivity index (χ3v) is 8.26. The van der Waals surface area contributed by atoms with Gasteiger partial charge in [-0.05, 0) is 49.4 Å². The average molecular weight is 588 g/mol. The van der Waals surface area contributed by atoms with Gasteiger partial charge < -0.3 is 10.2 Å². The Morgan fingerprint density at radius 2 is 1.74 bits per heavy atom. The molecule has 0 saturated heterocycles. The highest BCUT2D eigenvalue weighted by Crippen LogP contribution is 2.37. The second kappa shape index (κ2) is 13.0. The zero-order chi connectivity index (χ0) is 28.8. The predicted octanol–water partition coefficient (Wildman–Crippen LogP) is 5.03. The minimum absolute atomic E-state index is 0.0139. The van der Waals surface area contributed by atoms with Gasteiger partial charge in [-0.3, -0.25) is 13.9 Å². The molecule has 0 heterocycles. The minimum Gasteiger partial charge on any atom is -0.352 e. The largest absolute Gasteiger partial charge is 0.417 e. The molecule has 39 heavy (non-hydrogen) atoms. The number of hydrogen-bond acceptors (Lipinski definition) is 4. The SMILES string of the molecule is CC[C@H](C(=O)NC1CCCC1)N(CCc1ccccc1)C(=O)CN(c1ccc(Cl)c(C(F)(F)F)c1)S(C)(=O)=O. The summed E-state index contributed by atoms with van der Waals surface area (Å²) in [4.78, 5) is 28.3. The normalized spacial score (nSPS) is 15.1. The number of amides is 2. The molecule has 1 saturated carbocycles. The van der Waals surface area contributed by atoms with Gasteiger partial charge in [0.25, 0.3) is 0 Å². The molecule has 2 aromatic carbocycles. The molecular weight excluding hydrogens is 555 g/mol. The molecule has 0 aromatic heterocycles. The van der Waals surface area contributed by atoms with Crippen LogP contribution in [0.1, 0.15) is 50.2 Å². The Hall–Kier alpha value is -2.79. The first kappa shape index (κ1) is 30.7. The fourth-order valence-electron chi connectivity index (χ4n) is 4.76. The van der Waals surface area contributed by atoms with Crippen molar-refractivity contribution in [2.45, 2.75) is 63.7 Å². The molecule has 3 rings (SSSR count). The van der Waals surface area contributed by atoms with Crippen LogP contribution in [0.25, 0.3) is 0 Å². The van der Waals surface area contributed by atoms with Crippen molar-refractivity contribution >= 4 is 39.1 Å².